The average Bonchev–Trinajstić information content (AvgIpc) is 2.86. The van der Waals surface area contributed by atoms with Gasteiger partial charge in [-0.05, 0) is 19.8 Å². The number of aliphatic hydroxyl groups is 1. The molecule has 0 aliphatic carbocycles. The summed E-state index contributed by atoms with van der Waals surface area (Å²) in [6.07, 6.45) is 2.23. The van der Waals surface area contributed by atoms with E-state index in [1.165, 1.54) is 0 Å². The van der Waals surface area contributed by atoms with Crippen molar-refractivity contribution < 1.29 is 14.7 Å². The number of aliphatic hydroxyl groups excluding tert-OH is 1. The topological polar surface area (TPSA) is 60.9 Å². The Labute approximate surface area is 118 Å². The second-order valence-electron chi connectivity index (χ2n) is 5.31. The third-order valence-corrected chi connectivity index (χ3v) is 5.41. The minimum atomic E-state index is -0.344. The number of hydrogen-bond donors (Lipinski definition) is 1. The third kappa shape index (κ3) is 2.60. The highest BCUT2D eigenvalue weighted by atomic mass is 32.2. The van der Waals surface area contributed by atoms with Crippen molar-refractivity contribution in [3.63, 3.8) is 0 Å². The van der Waals surface area contributed by atoms with E-state index in [4.69, 9.17) is 5.11 Å². The predicted octanol–water partition coefficient (Wildman–Crippen LogP) is 0.671. The van der Waals surface area contributed by atoms with Crippen LogP contribution in [-0.4, -0.2) is 63.1 Å². The first kappa shape index (κ1) is 14.7. The molecule has 19 heavy (non-hydrogen) atoms. The van der Waals surface area contributed by atoms with Gasteiger partial charge in [0, 0.05) is 25.3 Å². The standard InChI is InChI=1S/C13H22N2O3S/c1-3-6-14(7-8-16)12(18)10-9-19-13(2)5-4-11(17)15(10)13/h10,16H,3-9H2,1-2H3. The highest BCUT2D eigenvalue weighted by Crippen LogP contribution is 2.47. The van der Waals surface area contributed by atoms with Gasteiger partial charge in [-0.1, -0.05) is 6.92 Å². The van der Waals surface area contributed by atoms with E-state index in [0.717, 1.165) is 12.8 Å². The molecule has 0 aromatic heterocycles. The summed E-state index contributed by atoms with van der Waals surface area (Å²) in [7, 11) is 0. The third-order valence-electron chi connectivity index (χ3n) is 3.91. The Balaban J connectivity index is 2.12. The molecular weight excluding hydrogens is 264 g/mol. The first-order chi connectivity index (χ1) is 9.03. The molecular formula is C13H22N2O3S. The van der Waals surface area contributed by atoms with E-state index in [1.54, 1.807) is 21.6 Å². The Morgan fingerprint density at radius 1 is 1.58 bits per heavy atom. The van der Waals surface area contributed by atoms with Gasteiger partial charge in [0.2, 0.25) is 11.8 Å². The number of hydrogen-bond acceptors (Lipinski definition) is 4. The lowest BCUT2D eigenvalue weighted by Gasteiger charge is -2.32. The van der Waals surface area contributed by atoms with Crippen molar-refractivity contribution in [1.82, 2.24) is 9.80 Å². The van der Waals surface area contributed by atoms with E-state index in [1.807, 2.05) is 13.8 Å². The van der Waals surface area contributed by atoms with Crippen LogP contribution in [0.1, 0.15) is 33.1 Å². The molecule has 2 heterocycles. The molecule has 2 rings (SSSR count). The minimum absolute atomic E-state index is 0.0117. The zero-order valence-electron chi connectivity index (χ0n) is 11.6. The van der Waals surface area contributed by atoms with Crippen LogP contribution >= 0.6 is 11.8 Å². The lowest BCUT2D eigenvalue weighted by atomic mass is 10.2. The minimum Gasteiger partial charge on any atom is -0.395 e. The lowest BCUT2D eigenvalue weighted by molar-refractivity contribution is -0.144. The largest absolute Gasteiger partial charge is 0.395 e. The molecule has 0 spiro atoms. The number of carbonyl (C=O) groups is 2. The van der Waals surface area contributed by atoms with Gasteiger partial charge >= 0.3 is 0 Å². The van der Waals surface area contributed by atoms with Gasteiger partial charge in [-0.15, -0.1) is 11.8 Å². The molecule has 2 saturated heterocycles. The summed E-state index contributed by atoms with van der Waals surface area (Å²) in [5.74, 6) is 0.751. The molecule has 0 bridgehead atoms. The Hall–Kier alpha value is -0.750. The van der Waals surface area contributed by atoms with Gasteiger partial charge < -0.3 is 14.9 Å². The van der Waals surface area contributed by atoms with Crippen molar-refractivity contribution >= 4 is 23.6 Å². The second kappa shape index (κ2) is 5.71. The van der Waals surface area contributed by atoms with Gasteiger partial charge in [0.15, 0.2) is 0 Å². The molecule has 1 N–H and O–H groups in total. The average molecular weight is 286 g/mol. The van der Waals surface area contributed by atoms with Gasteiger partial charge in [0.05, 0.1) is 11.5 Å². The quantitative estimate of drug-likeness (QED) is 0.807. The summed E-state index contributed by atoms with van der Waals surface area (Å²) >= 11 is 1.70. The van der Waals surface area contributed by atoms with Gasteiger partial charge in [0.25, 0.3) is 0 Å². The van der Waals surface area contributed by atoms with Gasteiger partial charge in [-0.25, -0.2) is 0 Å². The highest BCUT2D eigenvalue weighted by molar-refractivity contribution is 8.01. The molecule has 2 amide bonds. The first-order valence-electron chi connectivity index (χ1n) is 6.89. The van der Waals surface area contributed by atoms with Crippen LogP contribution in [0, 0.1) is 0 Å². The van der Waals surface area contributed by atoms with Crippen LogP contribution in [0.25, 0.3) is 0 Å². The molecule has 6 heteroatoms. The maximum absolute atomic E-state index is 12.6. The Morgan fingerprint density at radius 2 is 2.32 bits per heavy atom. The number of fused-ring (bicyclic) bond motifs is 1. The molecule has 0 radical (unpaired) electrons. The van der Waals surface area contributed by atoms with E-state index in [9.17, 15) is 9.59 Å². The summed E-state index contributed by atoms with van der Waals surface area (Å²) in [6.45, 7) is 5.01. The highest BCUT2D eigenvalue weighted by Gasteiger charge is 2.53. The van der Waals surface area contributed by atoms with Crippen LogP contribution in [0.3, 0.4) is 0 Å². The van der Waals surface area contributed by atoms with E-state index < -0.39 is 0 Å². The molecule has 5 nitrogen and oxygen atoms in total. The smallest absolute Gasteiger partial charge is 0.246 e. The van der Waals surface area contributed by atoms with E-state index >= 15 is 0 Å². The summed E-state index contributed by atoms with van der Waals surface area (Å²) in [5, 5.41) is 9.07. The van der Waals surface area contributed by atoms with Crippen molar-refractivity contribution in [2.75, 3.05) is 25.4 Å². The number of amides is 2. The van der Waals surface area contributed by atoms with Crippen molar-refractivity contribution in [1.29, 1.82) is 0 Å². The number of rotatable bonds is 5. The van der Waals surface area contributed by atoms with E-state index in [-0.39, 0.29) is 29.3 Å². The Bertz CT molecular complexity index is 371. The maximum atomic E-state index is 12.6. The molecule has 2 unspecified atom stereocenters. The van der Waals surface area contributed by atoms with Crippen molar-refractivity contribution in [2.45, 2.75) is 44.0 Å². The van der Waals surface area contributed by atoms with E-state index in [0.29, 0.717) is 25.3 Å². The van der Waals surface area contributed by atoms with Crippen LogP contribution < -0.4 is 0 Å². The molecule has 0 saturated carbocycles. The van der Waals surface area contributed by atoms with Crippen LogP contribution in [0.2, 0.25) is 0 Å². The predicted molar refractivity (Wildman–Crippen MR) is 74.7 cm³/mol. The summed E-state index contributed by atoms with van der Waals surface area (Å²) in [5.41, 5.74) is 0. The van der Waals surface area contributed by atoms with Gasteiger partial charge in [0.1, 0.15) is 6.04 Å². The normalized spacial score (nSPS) is 29.7. The number of carbonyl (C=O) groups excluding carboxylic acids is 2. The second-order valence-corrected chi connectivity index (χ2v) is 6.82. The maximum Gasteiger partial charge on any atom is 0.246 e. The summed E-state index contributed by atoms with van der Waals surface area (Å²) in [4.78, 5) is 27.8. The van der Waals surface area contributed by atoms with Crippen molar-refractivity contribution in [3.05, 3.63) is 0 Å². The van der Waals surface area contributed by atoms with E-state index in [2.05, 4.69) is 0 Å². The van der Waals surface area contributed by atoms with Crippen LogP contribution in [0.4, 0.5) is 0 Å². The van der Waals surface area contributed by atoms with Crippen LogP contribution in [0.5, 0.6) is 0 Å². The fourth-order valence-corrected chi connectivity index (χ4v) is 4.36. The molecule has 2 aliphatic rings. The number of thioether (sulfide) groups is 1. The zero-order chi connectivity index (χ0) is 14.0. The monoisotopic (exact) mass is 286 g/mol. The first-order valence-corrected chi connectivity index (χ1v) is 7.88. The molecule has 0 aromatic carbocycles. The van der Waals surface area contributed by atoms with Crippen LogP contribution in [-0.2, 0) is 9.59 Å². The molecule has 2 aliphatic heterocycles. The van der Waals surface area contributed by atoms with Crippen molar-refractivity contribution in [2.24, 2.45) is 0 Å². The Kier molecular flexibility index (Phi) is 4.40. The molecule has 0 aromatic rings. The van der Waals surface area contributed by atoms with Gasteiger partial charge in [-0.2, -0.15) is 0 Å². The summed E-state index contributed by atoms with van der Waals surface area (Å²) in [6, 6.07) is -0.344. The molecule has 2 atom stereocenters. The summed E-state index contributed by atoms with van der Waals surface area (Å²) < 4.78 is 0. The lowest BCUT2D eigenvalue weighted by Crippen LogP contribution is -2.52. The molecule has 108 valence electrons. The SMILES string of the molecule is CCCN(CCO)C(=O)C1CSC2(C)CCC(=O)N12. The Morgan fingerprint density at radius 3 is 2.95 bits per heavy atom. The molecule has 2 fully saturated rings. The number of nitrogens with zero attached hydrogens (tertiary/aromatic N) is 2. The fourth-order valence-electron chi connectivity index (χ4n) is 2.94. The van der Waals surface area contributed by atoms with Crippen LogP contribution in [0.15, 0.2) is 0 Å². The van der Waals surface area contributed by atoms with Crippen molar-refractivity contribution in [3.8, 4) is 0 Å². The fraction of sp³-hybridized carbons (Fsp3) is 0.846. The zero-order valence-corrected chi connectivity index (χ0v) is 12.4. The van der Waals surface area contributed by atoms with Gasteiger partial charge in [-0.3, -0.25) is 9.59 Å².